The van der Waals surface area contributed by atoms with Crippen LogP contribution in [0.5, 0.6) is 0 Å². The normalized spacial score (nSPS) is 11.6. The van der Waals surface area contributed by atoms with Crippen molar-refractivity contribution in [2.45, 2.75) is 24.7 Å². The van der Waals surface area contributed by atoms with Crippen LogP contribution in [0, 0.1) is 6.92 Å². The Morgan fingerprint density at radius 2 is 1.90 bits per heavy atom. The predicted octanol–water partition coefficient (Wildman–Crippen LogP) is 1.72. The molecule has 0 aliphatic rings. The molecule has 1 aromatic heterocycles. The Morgan fingerprint density at radius 1 is 1.17 bits per heavy atom. The maximum absolute atomic E-state index is 12.4. The highest BCUT2D eigenvalue weighted by molar-refractivity contribution is 7.89. The molecule has 0 fully saturated rings. The maximum atomic E-state index is 12.4. The lowest BCUT2D eigenvalue weighted by atomic mass is 10.2. The van der Waals surface area contributed by atoms with Gasteiger partial charge in [0.05, 0.1) is 15.8 Å². The topological polar surface area (TPSA) is 110 Å². The average molecular weight is 414 g/mol. The van der Waals surface area contributed by atoms with Gasteiger partial charge < -0.3 is 5.32 Å². The number of nitrogens with zero attached hydrogens (tertiary/aromatic N) is 2. The molecule has 1 heterocycles. The first-order valence-electron chi connectivity index (χ1n) is 9.01. The van der Waals surface area contributed by atoms with Crippen LogP contribution in [0.15, 0.2) is 52.2 Å². The predicted molar refractivity (Wildman–Crippen MR) is 111 cm³/mol. The van der Waals surface area contributed by atoms with Crippen LogP contribution in [0.1, 0.15) is 17.8 Å². The summed E-state index contributed by atoms with van der Waals surface area (Å²) in [5.74, 6) is 0.204. The van der Waals surface area contributed by atoms with E-state index in [1.807, 2.05) is 0 Å². The summed E-state index contributed by atoms with van der Waals surface area (Å²) in [6, 6.07) is 11.8. The molecule has 0 radical (unpaired) electrons. The van der Waals surface area contributed by atoms with Crippen LogP contribution in [0.2, 0.25) is 0 Å². The van der Waals surface area contributed by atoms with Gasteiger partial charge in [-0.15, -0.1) is 0 Å². The Bertz CT molecular complexity index is 1250. The molecule has 3 rings (SSSR count). The largest absolute Gasteiger partial charge is 0.326 e. The lowest BCUT2D eigenvalue weighted by Gasteiger charge is -2.11. The van der Waals surface area contributed by atoms with E-state index in [9.17, 15) is 18.0 Å². The molecule has 29 heavy (non-hydrogen) atoms. The number of sulfonamides is 1. The van der Waals surface area contributed by atoms with Crippen molar-refractivity contribution < 1.29 is 13.2 Å². The summed E-state index contributed by atoms with van der Waals surface area (Å²) in [5.41, 5.74) is 1.39. The van der Waals surface area contributed by atoms with Gasteiger partial charge >= 0.3 is 0 Å². The molecule has 1 amide bonds. The van der Waals surface area contributed by atoms with E-state index in [2.05, 4.69) is 15.0 Å². The lowest BCUT2D eigenvalue weighted by molar-refractivity contribution is -0.116. The van der Waals surface area contributed by atoms with Crippen LogP contribution in [0.25, 0.3) is 10.9 Å². The number of benzene rings is 2. The summed E-state index contributed by atoms with van der Waals surface area (Å²) in [6.45, 7) is 1.68. The molecule has 0 aliphatic carbocycles. The van der Waals surface area contributed by atoms with Crippen molar-refractivity contribution in [3.8, 4) is 0 Å². The van der Waals surface area contributed by atoms with Gasteiger partial charge in [-0.1, -0.05) is 18.2 Å². The summed E-state index contributed by atoms with van der Waals surface area (Å²) in [5, 5.41) is 3.23. The Kier molecular flexibility index (Phi) is 5.81. The zero-order chi connectivity index (χ0) is 21.2. The Labute approximate surface area is 168 Å². The van der Waals surface area contributed by atoms with E-state index in [-0.39, 0.29) is 29.2 Å². The molecule has 0 bridgehead atoms. The van der Waals surface area contributed by atoms with Gasteiger partial charge in [-0.2, -0.15) is 0 Å². The Hall–Kier alpha value is -3.04. The van der Waals surface area contributed by atoms with Gasteiger partial charge in [0, 0.05) is 25.6 Å². The molecule has 0 spiro atoms. The monoisotopic (exact) mass is 414 g/mol. The summed E-state index contributed by atoms with van der Waals surface area (Å²) in [6.07, 6.45) is 0.372. The fraction of sp³-hybridized carbons (Fsp3) is 0.250. The van der Waals surface area contributed by atoms with Crippen molar-refractivity contribution in [3.05, 3.63) is 64.2 Å². The number of fused-ring (bicyclic) bond motifs is 1. The van der Waals surface area contributed by atoms with Crippen LogP contribution in [-0.2, 0) is 28.3 Å². The number of nitrogens with one attached hydrogen (secondary N) is 2. The van der Waals surface area contributed by atoms with Gasteiger partial charge in [-0.05, 0) is 43.8 Å². The first kappa shape index (κ1) is 20.7. The van der Waals surface area contributed by atoms with E-state index in [0.717, 1.165) is 0 Å². The summed E-state index contributed by atoms with van der Waals surface area (Å²) in [7, 11) is -0.660. The highest BCUT2D eigenvalue weighted by Crippen LogP contribution is 2.20. The molecule has 0 unspecified atom stereocenters. The van der Waals surface area contributed by atoms with Gasteiger partial charge in [-0.25, -0.2) is 18.1 Å². The molecule has 2 aromatic carbocycles. The molecule has 2 N–H and O–H groups in total. The Morgan fingerprint density at radius 3 is 2.62 bits per heavy atom. The molecule has 152 valence electrons. The quantitative estimate of drug-likeness (QED) is 0.638. The van der Waals surface area contributed by atoms with Crippen LogP contribution in [-0.4, -0.2) is 30.9 Å². The molecule has 3 aromatic rings. The number of hydrogen-bond donors (Lipinski definition) is 2. The third-order valence-electron chi connectivity index (χ3n) is 4.68. The van der Waals surface area contributed by atoms with Crippen LogP contribution in [0.3, 0.4) is 0 Å². The molecule has 8 nitrogen and oxygen atoms in total. The third-order valence-corrected chi connectivity index (χ3v) is 6.24. The number of anilines is 1. The van der Waals surface area contributed by atoms with Crippen molar-refractivity contribution in [1.29, 1.82) is 0 Å². The zero-order valence-corrected chi connectivity index (χ0v) is 17.2. The van der Waals surface area contributed by atoms with Crippen molar-refractivity contribution in [1.82, 2.24) is 14.3 Å². The zero-order valence-electron chi connectivity index (χ0n) is 16.4. The third kappa shape index (κ3) is 4.36. The number of aryl methyl sites for hydroxylation is 2. The number of aromatic nitrogens is 2. The van der Waals surface area contributed by atoms with Gasteiger partial charge in [0.1, 0.15) is 5.82 Å². The molecule has 0 atom stereocenters. The molecule has 0 saturated heterocycles. The molecule has 0 saturated carbocycles. The number of amides is 1. The number of para-hydroxylation sites is 1. The first-order chi connectivity index (χ1) is 13.7. The standard InChI is InChI=1S/C20H22N4O4S/c1-13-8-9-14(12-17(13)29(27,28)21-2)22-19(25)11-10-18-23-16-7-5-4-6-15(16)20(26)24(18)3/h4-9,12,21H,10-11H2,1-3H3,(H,22,25). The second kappa shape index (κ2) is 8.14. The van der Waals surface area contributed by atoms with Gasteiger partial charge in [0.25, 0.3) is 5.56 Å². The SMILES string of the molecule is CNS(=O)(=O)c1cc(NC(=O)CCc2nc3ccccc3c(=O)n2C)ccc1C. The fourth-order valence-corrected chi connectivity index (χ4v) is 4.01. The average Bonchev–Trinajstić information content (AvgIpc) is 2.71. The number of carbonyl (C=O) groups is 1. The maximum Gasteiger partial charge on any atom is 0.261 e. The summed E-state index contributed by atoms with van der Waals surface area (Å²) < 4.78 is 27.9. The van der Waals surface area contributed by atoms with Crippen molar-refractivity contribution in [2.24, 2.45) is 7.05 Å². The van der Waals surface area contributed by atoms with Crippen LogP contribution < -0.4 is 15.6 Å². The van der Waals surface area contributed by atoms with E-state index in [1.165, 1.54) is 17.7 Å². The number of hydrogen-bond acceptors (Lipinski definition) is 5. The fourth-order valence-electron chi connectivity index (χ4n) is 3.01. The minimum absolute atomic E-state index is 0.0978. The van der Waals surface area contributed by atoms with Gasteiger partial charge in [0.15, 0.2) is 0 Å². The number of carbonyl (C=O) groups excluding carboxylic acids is 1. The van der Waals surface area contributed by atoms with Crippen molar-refractivity contribution in [3.63, 3.8) is 0 Å². The van der Waals surface area contributed by atoms with Crippen molar-refractivity contribution in [2.75, 3.05) is 12.4 Å². The highest BCUT2D eigenvalue weighted by Gasteiger charge is 2.16. The number of rotatable bonds is 6. The highest BCUT2D eigenvalue weighted by atomic mass is 32.2. The Balaban J connectivity index is 1.76. The molecular weight excluding hydrogens is 392 g/mol. The molecular formula is C20H22N4O4S. The van der Waals surface area contributed by atoms with Gasteiger partial charge in [0.2, 0.25) is 15.9 Å². The smallest absolute Gasteiger partial charge is 0.261 e. The first-order valence-corrected chi connectivity index (χ1v) is 10.5. The van der Waals surface area contributed by atoms with E-state index in [1.54, 1.807) is 50.4 Å². The summed E-state index contributed by atoms with van der Waals surface area (Å²) in [4.78, 5) is 29.4. The van der Waals surface area contributed by atoms with E-state index < -0.39 is 10.0 Å². The van der Waals surface area contributed by atoms with E-state index in [0.29, 0.717) is 28.0 Å². The minimum Gasteiger partial charge on any atom is -0.326 e. The van der Waals surface area contributed by atoms with Gasteiger partial charge in [-0.3, -0.25) is 14.2 Å². The lowest BCUT2D eigenvalue weighted by Crippen LogP contribution is -2.23. The molecule has 9 heteroatoms. The second-order valence-corrected chi connectivity index (χ2v) is 8.50. The summed E-state index contributed by atoms with van der Waals surface area (Å²) >= 11 is 0. The van der Waals surface area contributed by atoms with Crippen molar-refractivity contribution >= 4 is 32.5 Å². The van der Waals surface area contributed by atoms with Crippen LogP contribution in [0.4, 0.5) is 5.69 Å². The van der Waals surface area contributed by atoms with E-state index >= 15 is 0 Å². The van der Waals surface area contributed by atoms with Crippen LogP contribution >= 0.6 is 0 Å². The second-order valence-electron chi connectivity index (χ2n) is 6.65. The molecule has 0 aliphatic heterocycles. The van der Waals surface area contributed by atoms with E-state index in [4.69, 9.17) is 0 Å². The minimum atomic E-state index is -3.62.